The fourth-order valence-electron chi connectivity index (χ4n) is 2.56. The van der Waals surface area contributed by atoms with Crippen LogP contribution in [0.15, 0.2) is 35.2 Å². The third-order valence-electron chi connectivity index (χ3n) is 3.94. The number of rotatable bonds is 7. The summed E-state index contributed by atoms with van der Waals surface area (Å²) < 4.78 is 31.1. The number of sulfonamides is 1. The molecule has 8 heteroatoms. The number of benzene rings is 1. The van der Waals surface area contributed by atoms with Gasteiger partial charge in [-0.3, -0.25) is 9.59 Å². The average molecular weight is 366 g/mol. The first kappa shape index (κ1) is 19.1. The second kappa shape index (κ2) is 8.26. The number of esters is 1. The first-order valence-electron chi connectivity index (χ1n) is 7.98. The number of amides is 1. The quantitative estimate of drug-likeness (QED) is 0.565. The number of anilines is 1. The Bertz CT molecular complexity index is 786. The van der Waals surface area contributed by atoms with Crippen molar-refractivity contribution in [3.8, 4) is 0 Å². The highest BCUT2D eigenvalue weighted by Gasteiger charge is 2.17. The molecule has 1 aromatic carbocycles. The monoisotopic (exact) mass is 366 g/mol. The van der Waals surface area contributed by atoms with Gasteiger partial charge < -0.3 is 10.1 Å². The maximum Gasteiger partial charge on any atom is 0.306 e. The van der Waals surface area contributed by atoms with Gasteiger partial charge in [-0.05, 0) is 50.4 Å². The number of carbonyl (C=O) groups excluding carboxylic acids is 2. The number of hydrogen-bond donors (Lipinski definition) is 2. The predicted octanol–water partition coefficient (Wildman–Crippen LogP) is 1.74. The van der Waals surface area contributed by atoms with Gasteiger partial charge in [-0.25, -0.2) is 13.1 Å². The summed E-state index contributed by atoms with van der Waals surface area (Å²) in [5.41, 5.74) is 0.877. The van der Waals surface area contributed by atoms with Gasteiger partial charge in [0.25, 0.3) is 5.91 Å². The van der Waals surface area contributed by atoms with E-state index < -0.39 is 28.5 Å². The lowest BCUT2D eigenvalue weighted by atomic mass is 10.1. The Balaban J connectivity index is 1.91. The molecule has 1 aromatic rings. The van der Waals surface area contributed by atoms with Crippen LogP contribution in [-0.2, 0) is 24.3 Å². The minimum absolute atomic E-state index is 0.0813. The lowest BCUT2D eigenvalue weighted by Gasteiger charge is -2.11. The van der Waals surface area contributed by atoms with Crippen molar-refractivity contribution in [3.05, 3.63) is 35.9 Å². The maximum atomic E-state index is 11.9. The molecule has 2 rings (SSSR count). The van der Waals surface area contributed by atoms with E-state index in [0.29, 0.717) is 11.3 Å². The third-order valence-corrected chi connectivity index (χ3v) is 5.49. The van der Waals surface area contributed by atoms with Crippen molar-refractivity contribution in [2.75, 3.05) is 19.0 Å². The van der Waals surface area contributed by atoms with Crippen LogP contribution in [-0.4, -0.2) is 33.9 Å². The molecular weight excluding hydrogens is 344 g/mol. The number of nitrogens with one attached hydrogen (secondary N) is 2. The average Bonchev–Trinajstić information content (AvgIpc) is 3.07. The molecule has 1 atom stereocenters. The standard InChI is InChI=1S/C17H22N2O5S/c1-12-7-8-14(10-15(12)25(22,23)18-2)19-16(20)11-24-17(21)9-13-5-3-4-6-13/h3,5,7-8,10,13,18H,4,6,9,11H2,1-2H3,(H,19,20)/t13-/m1/s1. The molecule has 0 bridgehead atoms. The molecule has 25 heavy (non-hydrogen) atoms. The van der Waals surface area contributed by atoms with Crippen molar-refractivity contribution in [3.63, 3.8) is 0 Å². The number of hydrogen-bond acceptors (Lipinski definition) is 5. The molecule has 0 aliphatic heterocycles. The van der Waals surface area contributed by atoms with Gasteiger partial charge in [0.2, 0.25) is 10.0 Å². The molecule has 0 heterocycles. The first-order chi connectivity index (χ1) is 11.8. The van der Waals surface area contributed by atoms with Crippen molar-refractivity contribution in [2.45, 2.75) is 31.1 Å². The molecule has 7 nitrogen and oxygen atoms in total. The van der Waals surface area contributed by atoms with Crippen LogP contribution >= 0.6 is 0 Å². The zero-order valence-electron chi connectivity index (χ0n) is 14.2. The Labute approximate surface area is 147 Å². The zero-order valence-corrected chi connectivity index (χ0v) is 15.1. The Morgan fingerprint density at radius 1 is 1.32 bits per heavy atom. The van der Waals surface area contributed by atoms with Crippen molar-refractivity contribution < 1.29 is 22.7 Å². The lowest BCUT2D eigenvalue weighted by Crippen LogP contribution is -2.23. The lowest BCUT2D eigenvalue weighted by molar-refractivity contribution is -0.147. The molecule has 0 saturated heterocycles. The third kappa shape index (κ3) is 5.40. The summed E-state index contributed by atoms with van der Waals surface area (Å²) in [4.78, 5) is 23.7. The molecule has 2 N–H and O–H groups in total. The highest BCUT2D eigenvalue weighted by molar-refractivity contribution is 7.89. The van der Waals surface area contributed by atoms with Gasteiger partial charge in [0.05, 0.1) is 11.3 Å². The van der Waals surface area contributed by atoms with Crippen molar-refractivity contribution >= 4 is 27.6 Å². The minimum Gasteiger partial charge on any atom is -0.456 e. The van der Waals surface area contributed by atoms with E-state index in [9.17, 15) is 18.0 Å². The van der Waals surface area contributed by atoms with Gasteiger partial charge in [0.1, 0.15) is 0 Å². The van der Waals surface area contributed by atoms with Crippen LogP contribution in [0.1, 0.15) is 24.8 Å². The molecule has 0 fully saturated rings. The van der Waals surface area contributed by atoms with Crippen molar-refractivity contribution in [1.29, 1.82) is 0 Å². The molecule has 1 aliphatic carbocycles. The second-order valence-electron chi connectivity index (χ2n) is 5.87. The topological polar surface area (TPSA) is 102 Å². The van der Waals surface area contributed by atoms with Gasteiger partial charge >= 0.3 is 5.97 Å². The first-order valence-corrected chi connectivity index (χ1v) is 9.46. The maximum absolute atomic E-state index is 11.9. The molecule has 0 aromatic heterocycles. The van der Waals surface area contributed by atoms with Crippen LogP contribution < -0.4 is 10.0 Å². The summed E-state index contributed by atoms with van der Waals surface area (Å²) >= 11 is 0. The van der Waals surface area contributed by atoms with Crippen LogP contribution in [0.25, 0.3) is 0 Å². The van der Waals surface area contributed by atoms with Crippen LogP contribution in [0.4, 0.5) is 5.69 Å². The van der Waals surface area contributed by atoms with E-state index in [2.05, 4.69) is 10.0 Å². The van der Waals surface area contributed by atoms with Gasteiger partial charge in [-0.15, -0.1) is 0 Å². The van der Waals surface area contributed by atoms with Crippen LogP contribution in [0.3, 0.4) is 0 Å². The second-order valence-corrected chi connectivity index (χ2v) is 7.72. The van der Waals surface area contributed by atoms with Crippen LogP contribution in [0, 0.1) is 12.8 Å². The Hall–Kier alpha value is -2.19. The van der Waals surface area contributed by atoms with E-state index in [1.165, 1.54) is 13.1 Å². The smallest absolute Gasteiger partial charge is 0.306 e. The molecule has 0 unspecified atom stereocenters. The van der Waals surface area contributed by atoms with Gasteiger partial charge in [-0.1, -0.05) is 18.2 Å². The molecule has 0 saturated carbocycles. The van der Waals surface area contributed by atoms with E-state index in [4.69, 9.17) is 4.74 Å². The minimum atomic E-state index is -3.62. The summed E-state index contributed by atoms with van der Waals surface area (Å²) in [7, 11) is -2.30. The summed E-state index contributed by atoms with van der Waals surface area (Å²) in [5.74, 6) is -0.761. The zero-order chi connectivity index (χ0) is 18.4. The Morgan fingerprint density at radius 3 is 2.72 bits per heavy atom. The number of aryl methyl sites for hydroxylation is 1. The van der Waals surface area contributed by atoms with E-state index in [1.807, 2.05) is 12.2 Å². The summed E-state index contributed by atoms with van der Waals surface area (Å²) in [6.07, 6.45) is 6.16. The Morgan fingerprint density at radius 2 is 2.08 bits per heavy atom. The molecule has 1 amide bonds. The fraction of sp³-hybridized carbons (Fsp3) is 0.412. The summed E-state index contributed by atoms with van der Waals surface area (Å²) in [5, 5.41) is 2.53. The van der Waals surface area contributed by atoms with Gasteiger partial charge in [-0.2, -0.15) is 0 Å². The van der Waals surface area contributed by atoms with Gasteiger partial charge in [0.15, 0.2) is 6.61 Å². The molecular formula is C17H22N2O5S. The summed E-state index contributed by atoms with van der Waals surface area (Å²) in [6, 6.07) is 4.55. The normalized spacial score (nSPS) is 16.6. The largest absolute Gasteiger partial charge is 0.456 e. The van der Waals surface area contributed by atoms with E-state index in [0.717, 1.165) is 12.8 Å². The van der Waals surface area contributed by atoms with E-state index in [-0.39, 0.29) is 17.2 Å². The highest BCUT2D eigenvalue weighted by Crippen LogP contribution is 2.21. The van der Waals surface area contributed by atoms with E-state index >= 15 is 0 Å². The molecule has 0 spiro atoms. The summed E-state index contributed by atoms with van der Waals surface area (Å²) in [6.45, 7) is 1.26. The van der Waals surface area contributed by atoms with Crippen molar-refractivity contribution in [2.24, 2.45) is 5.92 Å². The predicted molar refractivity (Wildman–Crippen MR) is 93.5 cm³/mol. The Kier molecular flexibility index (Phi) is 6.33. The SMILES string of the molecule is CNS(=O)(=O)c1cc(NC(=O)COC(=O)C[C@@H]2C=CCC2)ccc1C. The van der Waals surface area contributed by atoms with Crippen LogP contribution in [0.2, 0.25) is 0 Å². The fourth-order valence-corrected chi connectivity index (χ4v) is 3.55. The van der Waals surface area contributed by atoms with E-state index in [1.54, 1.807) is 19.1 Å². The number of ether oxygens (including phenoxy) is 1. The molecule has 1 aliphatic rings. The number of allylic oxidation sites excluding steroid dienone is 2. The van der Waals surface area contributed by atoms with Gasteiger partial charge in [0, 0.05) is 5.69 Å². The highest BCUT2D eigenvalue weighted by atomic mass is 32.2. The molecule has 0 radical (unpaired) electrons. The molecule has 136 valence electrons. The van der Waals surface area contributed by atoms with Crippen molar-refractivity contribution in [1.82, 2.24) is 4.72 Å². The number of carbonyl (C=O) groups is 2. The van der Waals surface area contributed by atoms with Crippen LogP contribution in [0.5, 0.6) is 0 Å².